The molecule has 1 saturated heterocycles. The molecule has 1 fully saturated rings. The molecule has 0 spiro atoms. The van der Waals surface area contributed by atoms with Gasteiger partial charge in [-0.1, -0.05) is 31.2 Å². The molecule has 1 aliphatic rings. The zero-order valence-electron chi connectivity index (χ0n) is 18.1. The molecule has 1 aliphatic heterocycles. The Morgan fingerprint density at radius 3 is 2.10 bits per heavy atom. The highest BCUT2D eigenvalue weighted by Crippen LogP contribution is 2.14. The number of nitrogens with zero attached hydrogens (tertiary/aromatic N) is 3. The average Bonchev–Trinajstić information content (AvgIpc) is 2.79. The lowest BCUT2D eigenvalue weighted by molar-refractivity contribution is -0.132. The van der Waals surface area contributed by atoms with Gasteiger partial charge in [-0.3, -0.25) is 14.5 Å². The zero-order chi connectivity index (χ0) is 21.5. The smallest absolute Gasteiger partial charge is 0.253 e. The Bertz CT molecular complexity index is 841. The minimum Gasteiger partial charge on any atom is -0.497 e. The van der Waals surface area contributed by atoms with Crippen molar-refractivity contribution in [2.24, 2.45) is 0 Å². The Hall–Kier alpha value is -2.86. The van der Waals surface area contributed by atoms with Crippen LogP contribution in [0.3, 0.4) is 0 Å². The maximum Gasteiger partial charge on any atom is 0.253 e. The maximum absolute atomic E-state index is 12.7. The van der Waals surface area contributed by atoms with Crippen LogP contribution in [0.1, 0.15) is 28.4 Å². The highest BCUT2D eigenvalue weighted by atomic mass is 16.5. The van der Waals surface area contributed by atoms with Crippen LogP contribution in [-0.4, -0.2) is 73.4 Å². The van der Waals surface area contributed by atoms with Crippen LogP contribution in [0.4, 0.5) is 0 Å². The Morgan fingerprint density at radius 2 is 1.53 bits per heavy atom. The van der Waals surface area contributed by atoms with E-state index in [1.807, 2.05) is 60.5 Å². The van der Waals surface area contributed by atoms with Gasteiger partial charge in [-0.05, 0) is 41.8 Å². The van der Waals surface area contributed by atoms with Gasteiger partial charge in [0.15, 0.2) is 0 Å². The topological polar surface area (TPSA) is 53.1 Å². The van der Waals surface area contributed by atoms with Gasteiger partial charge < -0.3 is 14.5 Å². The van der Waals surface area contributed by atoms with Crippen LogP contribution in [0.5, 0.6) is 5.75 Å². The van der Waals surface area contributed by atoms with E-state index in [4.69, 9.17) is 4.74 Å². The number of rotatable bonds is 7. The molecule has 2 aromatic carbocycles. The molecule has 3 rings (SSSR count). The van der Waals surface area contributed by atoms with Gasteiger partial charge in [-0.15, -0.1) is 0 Å². The van der Waals surface area contributed by atoms with Crippen molar-refractivity contribution in [1.82, 2.24) is 14.7 Å². The molecule has 0 unspecified atom stereocenters. The minimum absolute atomic E-state index is 0.0697. The SMILES string of the molecule is CCc1ccc(C(=O)N2CCN(CC(=O)N(C)Cc3ccc(OC)cc3)CC2)cc1. The fourth-order valence-electron chi connectivity index (χ4n) is 3.58. The molecule has 0 aromatic heterocycles. The summed E-state index contributed by atoms with van der Waals surface area (Å²) in [5.41, 5.74) is 3.03. The van der Waals surface area contributed by atoms with E-state index < -0.39 is 0 Å². The fourth-order valence-corrected chi connectivity index (χ4v) is 3.58. The van der Waals surface area contributed by atoms with Crippen LogP contribution in [0.2, 0.25) is 0 Å². The second-order valence-corrected chi connectivity index (χ2v) is 7.72. The van der Waals surface area contributed by atoms with Crippen LogP contribution in [0.25, 0.3) is 0 Å². The molecule has 0 N–H and O–H groups in total. The van der Waals surface area contributed by atoms with Crippen molar-refractivity contribution >= 4 is 11.8 Å². The first-order valence-electron chi connectivity index (χ1n) is 10.5. The van der Waals surface area contributed by atoms with Crippen molar-refractivity contribution in [1.29, 1.82) is 0 Å². The summed E-state index contributed by atoms with van der Waals surface area (Å²) in [7, 11) is 3.46. The van der Waals surface area contributed by atoms with Crippen molar-refractivity contribution in [3.8, 4) is 5.75 Å². The molecule has 0 radical (unpaired) electrons. The molecular formula is C24H31N3O3. The minimum atomic E-state index is 0.0697. The first-order valence-corrected chi connectivity index (χ1v) is 10.5. The number of methoxy groups -OCH3 is 1. The lowest BCUT2D eigenvalue weighted by Gasteiger charge is -2.35. The molecular weight excluding hydrogens is 378 g/mol. The van der Waals surface area contributed by atoms with Crippen LogP contribution in [-0.2, 0) is 17.8 Å². The summed E-state index contributed by atoms with van der Waals surface area (Å²) in [6.45, 7) is 5.75. The fraction of sp³-hybridized carbons (Fsp3) is 0.417. The van der Waals surface area contributed by atoms with Gasteiger partial charge in [0.05, 0.1) is 13.7 Å². The van der Waals surface area contributed by atoms with E-state index in [0.717, 1.165) is 23.3 Å². The number of carbonyl (C=O) groups is 2. The lowest BCUT2D eigenvalue weighted by Crippen LogP contribution is -2.51. The summed E-state index contributed by atoms with van der Waals surface area (Å²) in [5, 5.41) is 0. The summed E-state index contributed by atoms with van der Waals surface area (Å²) >= 11 is 0. The highest BCUT2D eigenvalue weighted by Gasteiger charge is 2.24. The number of aryl methyl sites for hydroxylation is 1. The zero-order valence-corrected chi connectivity index (χ0v) is 18.1. The largest absolute Gasteiger partial charge is 0.497 e. The Kier molecular flexibility index (Phi) is 7.46. The van der Waals surface area contributed by atoms with Crippen molar-refractivity contribution in [2.75, 3.05) is 46.9 Å². The Morgan fingerprint density at radius 1 is 0.933 bits per heavy atom. The molecule has 2 aromatic rings. The molecule has 0 aliphatic carbocycles. The number of piperazine rings is 1. The van der Waals surface area contributed by atoms with E-state index in [2.05, 4.69) is 11.8 Å². The summed E-state index contributed by atoms with van der Waals surface area (Å²) in [5.74, 6) is 0.961. The summed E-state index contributed by atoms with van der Waals surface area (Å²) in [4.78, 5) is 31.1. The van der Waals surface area contributed by atoms with E-state index in [0.29, 0.717) is 39.3 Å². The number of hydrogen-bond acceptors (Lipinski definition) is 4. The average molecular weight is 410 g/mol. The predicted molar refractivity (Wildman–Crippen MR) is 118 cm³/mol. The predicted octanol–water partition coefficient (Wildman–Crippen LogP) is 2.67. The van der Waals surface area contributed by atoms with Crippen molar-refractivity contribution in [2.45, 2.75) is 19.9 Å². The quantitative estimate of drug-likeness (QED) is 0.706. The number of ether oxygens (including phenoxy) is 1. The molecule has 1 heterocycles. The van der Waals surface area contributed by atoms with Gasteiger partial charge in [-0.25, -0.2) is 0 Å². The normalized spacial score (nSPS) is 14.4. The van der Waals surface area contributed by atoms with E-state index in [9.17, 15) is 9.59 Å². The molecule has 6 nitrogen and oxygen atoms in total. The van der Waals surface area contributed by atoms with Gasteiger partial charge in [0, 0.05) is 45.3 Å². The third-order valence-corrected chi connectivity index (χ3v) is 5.63. The van der Waals surface area contributed by atoms with Crippen LogP contribution in [0.15, 0.2) is 48.5 Å². The lowest BCUT2D eigenvalue weighted by atomic mass is 10.1. The second kappa shape index (κ2) is 10.3. The number of carbonyl (C=O) groups excluding carboxylic acids is 2. The third kappa shape index (κ3) is 5.60. The molecule has 0 bridgehead atoms. The number of likely N-dealkylation sites (N-methyl/N-ethyl adjacent to an activating group) is 1. The standard InChI is InChI=1S/C24H31N3O3/c1-4-19-5-9-21(10-6-19)24(29)27-15-13-26(14-16-27)18-23(28)25(2)17-20-7-11-22(30-3)12-8-20/h5-12H,4,13-18H2,1-3H3. The maximum atomic E-state index is 12.7. The molecule has 2 amide bonds. The second-order valence-electron chi connectivity index (χ2n) is 7.72. The van der Waals surface area contributed by atoms with Gasteiger partial charge in [0.1, 0.15) is 5.75 Å². The van der Waals surface area contributed by atoms with Crippen molar-refractivity contribution in [3.05, 3.63) is 65.2 Å². The van der Waals surface area contributed by atoms with Crippen LogP contribution < -0.4 is 4.74 Å². The number of amides is 2. The summed E-state index contributed by atoms with van der Waals surface area (Å²) in [6, 6.07) is 15.6. The van der Waals surface area contributed by atoms with Gasteiger partial charge in [0.2, 0.25) is 5.91 Å². The van der Waals surface area contributed by atoms with E-state index in [1.54, 1.807) is 12.0 Å². The van der Waals surface area contributed by atoms with E-state index in [1.165, 1.54) is 5.56 Å². The molecule has 6 heteroatoms. The molecule has 0 saturated carbocycles. The van der Waals surface area contributed by atoms with E-state index in [-0.39, 0.29) is 11.8 Å². The number of hydrogen-bond donors (Lipinski definition) is 0. The van der Waals surface area contributed by atoms with Crippen LogP contribution >= 0.6 is 0 Å². The first-order chi connectivity index (χ1) is 14.5. The molecule has 30 heavy (non-hydrogen) atoms. The summed E-state index contributed by atoms with van der Waals surface area (Å²) in [6.07, 6.45) is 0.966. The Labute approximate surface area is 179 Å². The molecule has 160 valence electrons. The first kappa shape index (κ1) is 21.8. The van der Waals surface area contributed by atoms with Crippen LogP contribution in [0, 0.1) is 0 Å². The van der Waals surface area contributed by atoms with E-state index >= 15 is 0 Å². The van der Waals surface area contributed by atoms with Gasteiger partial charge in [0.25, 0.3) is 5.91 Å². The van der Waals surface area contributed by atoms with Crippen molar-refractivity contribution in [3.63, 3.8) is 0 Å². The summed E-state index contributed by atoms with van der Waals surface area (Å²) < 4.78 is 5.17. The van der Waals surface area contributed by atoms with Gasteiger partial charge in [-0.2, -0.15) is 0 Å². The number of benzene rings is 2. The highest BCUT2D eigenvalue weighted by molar-refractivity contribution is 5.94. The monoisotopic (exact) mass is 409 g/mol. The Balaban J connectivity index is 1.45. The van der Waals surface area contributed by atoms with Crippen molar-refractivity contribution < 1.29 is 14.3 Å². The third-order valence-electron chi connectivity index (χ3n) is 5.63. The molecule has 0 atom stereocenters. The van der Waals surface area contributed by atoms with Gasteiger partial charge >= 0.3 is 0 Å².